The summed E-state index contributed by atoms with van der Waals surface area (Å²) in [6.07, 6.45) is 6.17. The molecule has 1 aromatic rings. The van der Waals surface area contributed by atoms with Crippen LogP contribution in [0.4, 0.5) is 0 Å². The summed E-state index contributed by atoms with van der Waals surface area (Å²) < 4.78 is 26.9. The van der Waals surface area contributed by atoms with Crippen molar-refractivity contribution in [1.29, 1.82) is 0 Å². The number of nitrogens with zero attached hydrogens (tertiary/aromatic N) is 3. The number of hydrogen-bond donors (Lipinski definition) is 1. The Balaban J connectivity index is 1.65. The largest absolute Gasteiger partial charge is 0.350 e. The van der Waals surface area contributed by atoms with Gasteiger partial charge in [0, 0.05) is 31.7 Å². The van der Waals surface area contributed by atoms with E-state index in [-0.39, 0.29) is 11.9 Å². The van der Waals surface area contributed by atoms with Gasteiger partial charge in [-0.05, 0) is 26.2 Å². The number of hydrogen-bond acceptors (Lipinski definition) is 4. The van der Waals surface area contributed by atoms with E-state index in [1.807, 2.05) is 13.1 Å². The zero-order chi connectivity index (χ0) is 15.9. The van der Waals surface area contributed by atoms with Gasteiger partial charge in [0.15, 0.2) is 0 Å². The second-order valence-electron chi connectivity index (χ2n) is 6.23. The third kappa shape index (κ3) is 3.03. The van der Waals surface area contributed by atoms with Gasteiger partial charge in [-0.25, -0.2) is 13.4 Å². The standard InChI is InChI=1S/C14H22N4O3S/c1-10-8-17-9-11(5-6-13(17)15-10)16-14(19)12-4-3-7-18(12)22(2,20)21/h8,11-12H,3-7,9H2,1-2H3,(H,16,19)/t11-,12+/m1/s1. The van der Waals surface area contributed by atoms with Crippen LogP contribution in [-0.4, -0.2) is 53.1 Å². The van der Waals surface area contributed by atoms with Crippen LogP contribution in [0.15, 0.2) is 6.20 Å². The van der Waals surface area contributed by atoms with Crippen LogP contribution in [0.2, 0.25) is 0 Å². The molecule has 0 radical (unpaired) electrons. The Morgan fingerprint density at radius 2 is 2.18 bits per heavy atom. The number of carbonyl (C=O) groups excluding carboxylic acids is 1. The van der Waals surface area contributed by atoms with E-state index in [0.29, 0.717) is 19.5 Å². The summed E-state index contributed by atoms with van der Waals surface area (Å²) in [6, 6.07) is -0.517. The Bertz CT molecular complexity index is 682. The predicted molar refractivity (Wildman–Crippen MR) is 81.8 cm³/mol. The van der Waals surface area contributed by atoms with Crippen LogP contribution in [0.5, 0.6) is 0 Å². The summed E-state index contributed by atoms with van der Waals surface area (Å²) in [7, 11) is -3.33. The third-order valence-electron chi connectivity index (χ3n) is 4.39. The molecule has 1 saturated heterocycles. The van der Waals surface area contributed by atoms with Crippen molar-refractivity contribution >= 4 is 15.9 Å². The number of amides is 1. The molecule has 0 aliphatic carbocycles. The molecular formula is C14H22N4O3S. The highest BCUT2D eigenvalue weighted by Crippen LogP contribution is 2.21. The van der Waals surface area contributed by atoms with Crippen LogP contribution in [0.1, 0.15) is 30.8 Å². The molecule has 1 amide bonds. The maximum Gasteiger partial charge on any atom is 0.238 e. The third-order valence-corrected chi connectivity index (χ3v) is 5.68. The minimum atomic E-state index is -3.33. The quantitative estimate of drug-likeness (QED) is 0.850. The molecule has 1 aromatic heterocycles. The lowest BCUT2D eigenvalue weighted by molar-refractivity contribution is -0.125. The lowest BCUT2D eigenvalue weighted by Crippen LogP contribution is -2.50. The van der Waals surface area contributed by atoms with E-state index in [4.69, 9.17) is 0 Å². The molecule has 8 heteroatoms. The second-order valence-corrected chi connectivity index (χ2v) is 8.16. The van der Waals surface area contributed by atoms with Crippen molar-refractivity contribution in [1.82, 2.24) is 19.2 Å². The molecular weight excluding hydrogens is 304 g/mol. The van der Waals surface area contributed by atoms with Crippen molar-refractivity contribution < 1.29 is 13.2 Å². The molecule has 1 N–H and O–H groups in total. The van der Waals surface area contributed by atoms with E-state index >= 15 is 0 Å². The molecule has 0 bridgehead atoms. The van der Waals surface area contributed by atoms with Gasteiger partial charge in [-0.2, -0.15) is 4.31 Å². The van der Waals surface area contributed by atoms with Crippen molar-refractivity contribution in [2.75, 3.05) is 12.8 Å². The molecule has 0 aromatic carbocycles. The monoisotopic (exact) mass is 326 g/mol. The fourth-order valence-corrected chi connectivity index (χ4v) is 4.52. The van der Waals surface area contributed by atoms with Crippen LogP contribution in [-0.2, 0) is 27.8 Å². The van der Waals surface area contributed by atoms with Gasteiger partial charge in [0.05, 0.1) is 11.9 Å². The van der Waals surface area contributed by atoms with Gasteiger partial charge in [0.25, 0.3) is 0 Å². The highest BCUT2D eigenvalue weighted by atomic mass is 32.2. The van der Waals surface area contributed by atoms with Gasteiger partial charge >= 0.3 is 0 Å². The van der Waals surface area contributed by atoms with Crippen molar-refractivity contribution in [3.05, 3.63) is 17.7 Å². The summed E-state index contributed by atoms with van der Waals surface area (Å²) in [5.41, 5.74) is 0.987. The summed E-state index contributed by atoms with van der Waals surface area (Å²) in [5.74, 6) is 0.884. The molecule has 2 aliphatic heterocycles. The number of fused-ring (bicyclic) bond motifs is 1. The van der Waals surface area contributed by atoms with Crippen LogP contribution in [0.25, 0.3) is 0 Å². The lowest BCUT2D eigenvalue weighted by atomic mass is 10.1. The Kier molecular flexibility index (Phi) is 3.98. The maximum absolute atomic E-state index is 12.4. The molecule has 0 saturated carbocycles. The first-order valence-electron chi connectivity index (χ1n) is 7.64. The number of carbonyl (C=O) groups is 1. The average Bonchev–Trinajstić information content (AvgIpc) is 3.02. The van der Waals surface area contributed by atoms with E-state index in [0.717, 1.165) is 30.8 Å². The Labute approximate surface area is 130 Å². The number of aryl methyl sites for hydroxylation is 2. The molecule has 2 atom stereocenters. The maximum atomic E-state index is 12.4. The van der Waals surface area contributed by atoms with E-state index in [1.54, 1.807) is 0 Å². The number of nitrogens with one attached hydrogen (secondary N) is 1. The van der Waals surface area contributed by atoms with Crippen LogP contribution in [0.3, 0.4) is 0 Å². The minimum Gasteiger partial charge on any atom is -0.350 e. The topological polar surface area (TPSA) is 84.3 Å². The van der Waals surface area contributed by atoms with Crippen LogP contribution >= 0.6 is 0 Å². The number of sulfonamides is 1. The Morgan fingerprint density at radius 3 is 2.91 bits per heavy atom. The van der Waals surface area contributed by atoms with Crippen molar-refractivity contribution in [3.8, 4) is 0 Å². The first-order chi connectivity index (χ1) is 10.3. The fraction of sp³-hybridized carbons (Fsp3) is 0.714. The van der Waals surface area contributed by atoms with Gasteiger partial charge in [-0.3, -0.25) is 4.79 Å². The van der Waals surface area contributed by atoms with Gasteiger partial charge in [0.1, 0.15) is 11.9 Å². The SMILES string of the molecule is Cc1cn2c(n1)CC[C@@H](NC(=O)[C@@H]1CCCN1S(C)(=O)=O)C2. The molecule has 22 heavy (non-hydrogen) atoms. The summed E-state index contributed by atoms with van der Waals surface area (Å²) in [6.45, 7) is 3.10. The van der Waals surface area contributed by atoms with E-state index in [1.165, 1.54) is 10.6 Å². The zero-order valence-corrected chi connectivity index (χ0v) is 13.8. The van der Waals surface area contributed by atoms with Gasteiger partial charge in [-0.15, -0.1) is 0 Å². The van der Waals surface area contributed by atoms with Crippen LogP contribution < -0.4 is 5.32 Å². The van der Waals surface area contributed by atoms with E-state index in [9.17, 15) is 13.2 Å². The summed E-state index contributed by atoms with van der Waals surface area (Å²) >= 11 is 0. The number of aromatic nitrogens is 2. The second kappa shape index (κ2) is 5.66. The molecule has 3 heterocycles. The fourth-order valence-electron chi connectivity index (χ4n) is 3.40. The summed E-state index contributed by atoms with van der Waals surface area (Å²) in [5, 5.41) is 3.02. The molecule has 1 fully saturated rings. The molecule has 122 valence electrons. The molecule has 0 unspecified atom stereocenters. The first-order valence-corrected chi connectivity index (χ1v) is 9.49. The molecule has 0 spiro atoms. The van der Waals surface area contributed by atoms with E-state index in [2.05, 4.69) is 14.9 Å². The number of imidazole rings is 1. The lowest BCUT2D eigenvalue weighted by Gasteiger charge is -2.28. The van der Waals surface area contributed by atoms with Crippen molar-refractivity contribution in [2.45, 2.75) is 51.2 Å². The highest BCUT2D eigenvalue weighted by molar-refractivity contribution is 7.88. The predicted octanol–water partition coefficient (Wildman–Crippen LogP) is 0.0465. The van der Waals surface area contributed by atoms with E-state index < -0.39 is 16.1 Å². The van der Waals surface area contributed by atoms with Gasteiger partial charge in [0.2, 0.25) is 15.9 Å². The zero-order valence-electron chi connectivity index (χ0n) is 12.9. The normalized spacial score (nSPS) is 25.9. The minimum absolute atomic E-state index is 0.0376. The Hall–Kier alpha value is -1.41. The highest BCUT2D eigenvalue weighted by Gasteiger charge is 2.37. The number of rotatable bonds is 3. The van der Waals surface area contributed by atoms with Crippen molar-refractivity contribution in [3.63, 3.8) is 0 Å². The summed E-state index contributed by atoms with van der Waals surface area (Å²) in [4.78, 5) is 16.9. The Morgan fingerprint density at radius 1 is 1.41 bits per heavy atom. The van der Waals surface area contributed by atoms with Gasteiger partial charge < -0.3 is 9.88 Å². The molecule has 2 aliphatic rings. The smallest absolute Gasteiger partial charge is 0.238 e. The van der Waals surface area contributed by atoms with Gasteiger partial charge in [-0.1, -0.05) is 0 Å². The average molecular weight is 326 g/mol. The molecule has 3 rings (SSSR count). The molecule has 7 nitrogen and oxygen atoms in total. The first kappa shape index (κ1) is 15.5. The van der Waals surface area contributed by atoms with Crippen molar-refractivity contribution in [2.24, 2.45) is 0 Å². The van der Waals surface area contributed by atoms with Crippen LogP contribution in [0, 0.1) is 6.92 Å².